The van der Waals surface area contributed by atoms with Crippen LogP contribution in [0.2, 0.25) is 0 Å². The van der Waals surface area contributed by atoms with Crippen molar-refractivity contribution in [1.29, 1.82) is 0 Å². The molecular weight excluding hydrogens is 176 g/mol. The number of imidazole rings is 1. The second-order valence-electron chi connectivity index (χ2n) is 3.17. The molecule has 1 aromatic heterocycles. The molecule has 3 heteroatoms. The summed E-state index contributed by atoms with van der Waals surface area (Å²) in [6.45, 7) is 0.523. The minimum absolute atomic E-state index is 0.248. The Morgan fingerprint density at radius 1 is 1.21 bits per heavy atom. The lowest BCUT2D eigenvalue weighted by atomic mass is 10.2. The van der Waals surface area contributed by atoms with Gasteiger partial charge in [-0.05, 0) is 5.56 Å². The predicted octanol–water partition coefficient (Wildman–Crippen LogP) is 1.86. The van der Waals surface area contributed by atoms with Crippen LogP contribution in [-0.4, -0.2) is 9.55 Å². The molecule has 0 amide bonds. The average molecular weight is 187 g/mol. The van der Waals surface area contributed by atoms with Crippen molar-refractivity contribution < 1.29 is 5.11 Å². The van der Waals surface area contributed by atoms with Crippen molar-refractivity contribution in [3.63, 3.8) is 0 Å². The van der Waals surface area contributed by atoms with E-state index in [2.05, 4.69) is 17.1 Å². The second kappa shape index (κ2) is 4.07. The van der Waals surface area contributed by atoms with Crippen LogP contribution in [0.1, 0.15) is 11.3 Å². The molecule has 14 heavy (non-hydrogen) atoms. The van der Waals surface area contributed by atoms with Crippen molar-refractivity contribution in [3.8, 4) is 0 Å². The molecule has 1 heterocycles. The minimum atomic E-state index is -0.248. The highest BCUT2D eigenvalue weighted by Gasteiger charge is 1.97. The third-order valence-electron chi connectivity index (χ3n) is 2.04. The number of nitrogens with zero attached hydrogens (tertiary/aromatic N) is 2. The van der Waals surface area contributed by atoms with E-state index in [1.807, 2.05) is 22.8 Å². The summed E-state index contributed by atoms with van der Waals surface area (Å²) in [6, 6.07) is 10.1. The Labute approximate surface area is 82.7 Å². The molecule has 0 fully saturated rings. The van der Waals surface area contributed by atoms with Gasteiger partial charge < -0.3 is 4.57 Å². The third-order valence-corrected chi connectivity index (χ3v) is 2.04. The Bertz CT molecular complexity index is 395. The van der Waals surface area contributed by atoms with Crippen LogP contribution in [0.4, 0.5) is 0 Å². The summed E-state index contributed by atoms with van der Waals surface area (Å²) in [5.74, 6) is 0. The van der Waals surface area contributed by atoms with Gasteiger partial charge in [-0.1, -0.05) is 30.3 Å². The molecule has 0 aliphatic carbocycles. The largest absolute Gasteiger partial charge is 0.333 e. The zero-order chi connectivity index (χ0) is 9.80. The van der Waals surface area contributed by atoms with Gasteiger partial charge in [0.1, 0.15) is 6.61 Å². The molecule has 0 bridgehead atoms. The molecule has 0 saturated heterocycles. The monoisotopic (exact) mass is 187 g/mol. The molecule has 2 rings (SSSR count). The van der Waals surface area contributed by atoms with Crippen molar-refractivity contribution in [1.82, 2.24) is 9.55 Å². The van der Waals surface area contributed by atoms with Gasteiger partial charge in [0.05, 0.1) is 12.0 Å². The summed E-state index contributed by atoms with van der Waals surface area (Å²) in [5.41, 5.74) is 1.81. The molecule has 2 aromatic rings. The number of hydrogen-bond donors (Lipinski definition) is 0. The Morgan fingerprint density at radius 2 is 2.00 bits per heavy atom. The van der Waals surface area contributed by atoms with E-state index in [0.717, 1.165) is 6.54 Å². The van der Waals surface area contributed by atoms with E-state index in [4.69, 9.17) is 0 Å². The standard InChI is InChI=1S/C11H11N2O/c14-8-11-7-13(9-12-11)6-10-4-2-1-3-5-10/h1-5,7,9H,6,8H2. The summed E-state index contributed by atoms with van der Waals surface area (Å²) in [6.07, 6.45) is 3.49. The Kier molecular flexibility index (Phi) is 2.60. The van der Waals surface area contributed by atoms with E-state index in [0.29, 0.717) is 5.69 Å². The normalized spacial score (nSPS) is 10.4. The molecule has 3 nitrogen and oxygen atoms in total. The van der Waals surface area contributed by atoms with Gasteiger partial charge >= 0.3 is 0 Å². The fraction of sp³-hybridized carbons (Fsp3) is 0.182. The summed E-state index contributed by atoms with van der Waals surface area (Å²) < 4.78 is 1.92. The summed E-state index contributed by atoms with van der Waals surface area (Å²) >= 11 is 0. The van der Waals surface area contributed by atoms with Crippen molar-refractivity contribution in [3.05, 3.63) is 54.1 Å². The molecule has 0 saturated carbocycles. The third kappa shape index (κ3) is 2.00. The van der Waals surface area contributed by atoms with E-state index >= 15 is 0 Å². The average Bonchev–Trinajstić information content (AvgIpc) is 2.67. The number of hydrogen-bond acceptors (Lipinski definition) is 1. The van der Waals surface area contributed by atoms with E-state index in [1.54, 1.807) is 12.5 Å². The van der Waals surface area contributed by atoms with Crippen LogP contribution in [0.3, 0.4) is 0 Å². The first-order valence-corrected chi connectivity index (χ1v) is 4.51. The molecule has 1 radical (unpaired) electrons. The van der Waals surface area contributed by atoms with Crippen LogP contribution in [0.5, 0.6) is 0 Å². The summed E-state index contributed by atoms with van der Waals surface area (Å²) in [5, 5.41) is 10.5. The molecule has 1 aromatic carbocycles. The van der Waals surface area contributed by atoms with E-state index < -0.39 is 0 Å². The highest BCUT2D eigenvalue weighted by Crippen LogP contribution is 2.03. The van der Waals surface area contributed by atoms with Crippen molar-refractivity contribution in [2.45, 2.75) is 13.2 Å². The predicted molar refractivity (Wildman–Crippen MR) is 52.2 cm³/mol. The van der Waals surface area contributed by atoms with Gasteiger partial charge in [0, 0.05) is 12.7 Å². The fourth-order valence-corrected chi connectivity index (χ4v) is 1.36. The summed E-state index contributed by atoms with van der Waals surface area (Å²) in [7, 11) is 0. The van der Waals surface area contributed by atoms with Gasteiger partial charge in [-0.3, -0.25) is 0 Å². The molecule has 0 spiro atoms. The Hall–Kier alpha value is -1.61. The van der Waals surface area contributed by atoms with Crippen molar-refractivity contribution in [2.24, 2.45) is 0 Å². The molecule has 0 aliphatic heterocycles. The smallest absolute Gasteiger partial charge is 0.126 e. The maximum absolute atomic E-state index is 10.5. The highest BCUT2D eigenvalue weighted by molar-refractivity contribution is 5.15. The maximum atomic E-state index is 10.5. The van der Waals surface area contributed by atoms with Crippen LogP contribution in [-0.2, 0) is 18.3 Å². The molecule has 0 N–H and O–H groups in total. The lowest BCUT2D eigenvalue weighted by Gasteiger charge is -2.00. The summed E-state index contributed by atoms with van der Waals surface area (Å²) in [4.78, 5) is 3.98. The second-order valence-corrected chi connectivity index (χ2v) is 3.17. The lowest BCUT2D eigenvalue weighted by molar-refractivity contribution is 0.174. The zero-order valence-corrected chi connectivity index (χ0v) is 7.76. The van der Waals surface area contributed by atoms with Crippen LogP contribution >= 0.6 is 0 Å². The number of aromatic nitrogens is 2. The molecular formula is C11H11N2O. The molecule has 71 valence electrons. The Morgan fingerprint density at radius 3 is 2.64 bits per heavy atom. The topological polar surface area (TPSA) is 37.7 Å². The van der Waals surface area contributed by atoms with E-state index in [-0.39, 0.29) is 6.61 Å². The molecule has 0 unspecified atom stereocenters. The first kappa shape index (κ1) is 8.97. The van der Waals surface area contributed by atoms with E-state index in [1.165, 1.54) is 5.56 Å². The van der Waals surface area contributed by atoms with E-state index in [9.17, 15) is 5.11 Å². The number of rotatable bonds is 3. The van der Waals surface area contributed by atoms with Gasteiger partial charge in [0.15, 0.2) is 0 Å². The first-order chi connectivity index (χ1) is 6.88. The van der Waals surface area contributed by atoms with Gasteiger partial charge in [-0.25, -0.2) is 10.1 Å². The quantitative estimate of drug-likeness (QED) is 0.722. The van der Waals surface area contributed by atoms with Crippen LogP contribution < -0.4 is 0 Å². The van der Waals surface area contributed by atoms with Gasteiger partial charge in [0.25, 0.3) is 0 Å². The molecule has 0 atom stereocenters. The van der Waals surface area contributed by atoms with Gasteiger partial charge in [0.2, 0.25) is 0 Å². The van der Waals surface area contributed by atoms with Gasteiger partial charge in [-0.15, -0.1) is 0 Å². The first-order valence-electron chi connectivity index (χ1n) is 4.51. The van der Waals surface area contributed by atoms with Crippen molar-refractivity contribution >= 4 is 0 Å². The van der Waals surface area contributed by atoms with Crippen LogP contribution in [0.15, 0.2) is 42.9 Å². The van der Waals surface area contributed by atoms with Gasteiger partial charge in [-0.2, -0.15) is 0 Å². The number of benzene rings is 1. The SMILES string of the molecule is [O]Cc1cn(Cc2ccccc2)cn1. The van der Waals surface area contributed by atoms with Crippen LogP contribution in [0.25, 0.3) is 0 Å². The molecule has 0 aliphatic rings. The zero-order valence-electron chi connectivity index (χ0n) is 7.76. The maximum Gasteiger partial charge on any atom is 0.126 e. The lowest BCUT2D eigenvalue weighted by Crippen LogP contribution is -1.95. The van der Waals surface area contributed by atoms with Crippen molar-refractivity contribution in [2.75, 3.05) is 0 Å². The van der Waals surface area contributed by atoms with Crippen LogP contribution in [0, 0.1) is 0 Å². The minimum Gasteiger partial charge on any atom is -0.333 e. The highest BCUT2D eigenvalue weighted by atomic mass is 16.3. The fourth-order valence-electron chi connectivity index (χ4n) is 1.36. The Balaban J connectivity index is 2.11.